The molecule has 0 aromatic heterocycles. The molecule has 1 amide bonds. The smallest absolute Gasteiger partial charge is 0.410 e. The Morgan fingerprint density at radius 2 is 1.89 bits per heavy atom. The van der Waals surface area contributed by atoms with Gasteiger partial charge in [-0.25, -0.2) is 4.79 Å². The average Bonchev–Trinajstić information content (AvgIpc) is 2.56. The highest BCUT2D eigenvalue weighted by Gasteiger charge is 2.39. The maximum Gasteiger partial charge on any atom is 0.410 e. The highest BCUT2D eigenvalue weighted by atomic mass is 16.6. The second-order valence-corrected chi connectivity index (χ2v) is 6.15. The molecule has 1 fully saturated rings. The zero-order valence-corrected chi connectivity index (χ0v) is 11.8. The van der Waals surface area contributed by atoms with Crippen molar-refractivity contribution >= 4 is 12.1 Å². The minimum atomic E-state index is -0.808. The van der Waals surface area contributed by atoms with Crippen molar-refractivity contribution in [2.45, 2.75) is 40.2 Å². The summed E-state index contributed by atoms with van der Waals surface area (Å²) in [5, 5.41) is 9.04. The van der Waals surface area contributed by atoms with E-state index < -0.39 is 17.5 Å². The van der Waals surface area contributed by atoms with E-state index in [4.69, 9.17) is 9.84 Å². The Hall–Kier alpha value is -1.26. The first-order chi connectivity index (χ1) is 8.11. The van der Waals surface area contributed by atoms with Gasteiger partial charge in [0.25, 0.3) is 0 Å². The fourth-order valence-corrected chi connectivity index (χ4v) is 2.30. The Kier molecular flexibility index (Phi) is 4.24. The van der Waals surface area contributed by atoms with Crippen LogP contribution < -0.4 is 0 Å². The summed E-state index contributed by atoms with van der Waals surface area (Å²) in [7, 11) is 0. The first kappa shape index (κ1) is 14.8. The maximum absolute atomic E-state index is 11.9. The Balaban J connectivity index is 2.64. The molecule has 0 aliphatic carbocycles. The van der Waals surface area contributed by atoms with Gasteiger partial charge in [-0.2, -0.15) is 0 Å². The van der Waals surface area contributed by atoms with Gasteiger partial charge in [0, 0.05) is 13.1 Å². The molecule has 1 saturated heterocycles. The van der Waals surface area contributed by atoms with Crippen LogP contribution in [0.5, 0.6) is 0 Å². The van der Waals surface area contributed by atoms with Crippen LogP contribution in [0.4, 0.5) is 4.79 Å². The highest BCUT2D eigenvalue weighted by Crippen LogP contribution is 2.30. The van der Waals surface area contributed by atoms with Gasteiger partial charge in [0.15, 0.2) is 0 Å². The Labute approximate surface area is 108 Å². The molecular formula is C13H23NO4. The lowest BCUT2D eigenvalue weighted by Gasteiger charge is -2.24. The molecule has 0 aromatic rings. The lowest BCUT2D eigenvalue weighted by Crippen LogP contribution is -2.36. The molecule has 1 aliphatic rings. The molecular weight excluding hydrogens is 234 g/mol. The number of ether oxygens (including phenoxy) is 1. The van der Waals surface area contributed by atoms with E-state index in [9.17, 15) is 9.59 Å². The molecule has 1 N–H and O–H groups in total. The summed E-state index contributed by atoms with van der Waals surface area (Å²) in [4.78, 5) is 24.5. The fourth-order valence-electron chi connectivity index (χ4n) is 2.30. The average molecular weight is 257 g/mol. The summed E-state index contributed by atoms with van der Waals surface area (Å²) >= 11 is 0. The number of nitrogens with zero attached hydrogens (tertiary/aromatic N) is 1. The molecule has 0 bridgehead atoms. The molecule has 0 radical (unpaired) electrons. The summed E-state index contributed by atoms with van der Waals surface area (Å²) in [6.07, 6.45) is -0.352. The summed E-state index contributed by atoms with van der Waals surface area (Å²) in [6, 6.07) is 0. The van der Waals surface area contributed by atoms with E-state index in [-0.39, 0.29) is 17.9 Å². The molecule has 18 heavy (non-hydrogen) atoms. The molecule has 3 unspecified atom stereocenters. The van der Waals surface area contributed by atoms with Crippen LogP contribution in [0.1, 0.15) is 34.6 Å². The van der Waals surface area contributed by atoms with Gasteiger partial charge in [0.2, 0.25) is 0 Å². The minimum absolute atomic E-state index is 0.00461. The first-order valence-electron chi connectivity index (χ1n) is 6.32. The number of hydrogen-bond acceptors (Lipinski definition) is 3. The molecule has 1 rings (SSSR count). The second kappa shape index (κ2) is 5.16. The third-order valence-corrected chi connectivity index (χ3v) is 3.35. The fraction of sp³-hybridized carbons (Fsp3) is 0.846. The predicted octanol–water partition coefficient (Wildman–Crippen LogP) is 2.21. The predicted molar refractivity (Wildman–Crippen MR) is 67.3 cm³/mol. The number of hydrogen-bond donors (Lipinski definition) is 1. The lowest BCUT2D eigenvalue weighted by atomic mass is 9.86. The lowest BCUT2D eigenvalue weighted by molar-refractivity contribution is -0.143. The normalized spacial score (nSPS) is 25.9. The van der Waals surface area contributed by atoms with E-state index in [1.807, 2.05) is 27.7 Å². The van der Waals surface area contributed by atoms with E-state index in [2.05, 4.69) is 0 Å². The van der Waals surface area contributed by atoms with Crippen molar-refractivity contribution in [3.63, 3.8) is 0 Å². The van der Waals surface area contributed by atoms with Crippen LogP contribution in [-0.4, -0.2) is 40.8 Å². The first-order valence-corrected chi connectivity index (χ1v) is 6.32. The topological polar surface area (TPSA) is 66.8 Å². The molecule has 104 valence electrons. The van der Waals surface area contributed by atoms with Crippen LogP contribution in [-0.2, 0) is 9.53 Å². The summed E-state index contributed by atoms with van der Waals surface area (Å²) in [6.45, 7) is 10.2. The number of carbonyl (C=O) groups excluding carboxylic acids is 1. The summed E-state index contributed by atoms with van der Waals surface area (Å²) < 4.78 is 5.30. The van der Waals surface area contributed by atoms with Crippen molar-refractivity contribution in [3.05, 3.63) is 0 Å². The third-order valence-electron chi connectivity index (χ3n) is 3.35. The van der Waals surface area contributed by atoms with Gasteiger partial charge in [-0.1, -0.05) is 13.8 Å². The Morgan fingerprint density at radius 3 is 2.33 bits per heavy atom. The van der Waals surface area contributed by atoms with Gasteiger partial charge in [-0.15, -0.1) is 0 Å². The number of aliphatic carboxylic acids is 1. The molecule has 0 spiro atoms. The van der Waals surface area contributed by atoms with Crippen molar-refractivity contribution in [2.24, 2.45) is 17.8 Å². The summed E-state index contributed by atoms with van der Waals surface area (Å²) in [5.41, 5.74) is -0.517. The van der Waals surface area contributed by atoms with Crippen molar-refractivity contribution in [3.8, 4) is 0 Å². The van der Waals surface area contributed by atoms with Crippen LogP contribution >= 0.6 is 0 Å². The number of amides is 1. The van der Waals surface area contributed by atoms with Crippen LogP contribution in [0.3, 0.4) is 0 Å². The largest absolute Gasteiger partial charge is 0.481 e. The van der Waals surface area contributed by atoms with E-state index >= 15 is 0 Å². The van der Waals surface area contributed by atoms with E-state index in [0.29, 0.717) is 13.1 Å². The van der Waals surface area contributed by atoms with E-state index in [1.165, 1.54) is 0 Å². The Bertz CT molecular complexity index is 334. The molecule has 0 saturated carbocycles. The maximum atomic E-state index is 11.9. The molecule has 1 aliphatic heterocycles. The van der Waals surface area contributed by atoms with Crippen LogP contribution in [0, 0.1) is 17.8 Å². The minimum Gasteiger partial charge on any atom is -0.481 e. The molecule has 0 aromatic carbocycles. The number of carboxylic acids is 1. The van der Waals surface area contributed by atoms with Gasteiger partial charge in [-0.3, -0.25) is 4.79 Å². The zero-order chi connectivity index (χ0) is 14.1. The SMILES string of the molecule is CC1CN(C(=O)OC(C)(C)C)CC1C(C)C(=O)O. The quantitative estimate of drug-likeness (QED) is 0.823. The van der Waals surface area contributed by atoms with Crippen LogP contribution in [0.15, 0.2) is 0 Å². The van der Waals surface area contributed by atoms with Gasteiger partial charge in [0.05, 0.1) is 5.92 Å². The molecule has 5 nitrogen and oxygen atoms in total. The number of carbonyl (C=O) groups is 2. The van der Waals surface area contributed by atoms with Crippen molar-refractivity contribution in [1.29, 1.82) is 0 Å². The van der Waals surface area contributed by atoms with Crippen LogP contribution in [0.2, 0.25) is 0 Å². The molecule has 1 heterocycles. The van der Waals surface area contributed by atoms with Crippen molar-refractivity contribution in [1.82, 2.24) is 4.90 Å². The van der Waals surface area contributed by atoms with Gasteiger partial charge < -0.3 is 14.7 Å². The number of carboxylic acid groups (broad SMARTS) is 1. The van der Waals surface area contributed by atoms with Gasteiger partial charge in [-0.05, 0) is 32.6 Å². The van der Waals surface area contributed by atoms with Gasteiger partial charge in [0.1, 0.15) is 5.60 Å². The van der Waals surface area contributed by atoms with Gasteiger partial charge >= 0.3 is 12.1 Å². The second-order valence-electron chi connectivity index (χ2n) is 6.15. The Morgan fingerprint density at radius 1 is 1.33 bits per heavy atom. The van der Waals surface area contributed by atoms with Crippen molar-refractivity contribution in [2.75, 3.05) is 13.1 Å². The van der Waals surface area contributed by atoms with Crippen LogP contribution in [0.25, 0.3) is 0 Å². The van der Waals surface area contributed by atoms with E-state index in [1.54, 1.807) is 11.8 Å². The van der Waals surface area contributed by atoms with E-state index in [0.717, 1.165) is 0 Å². The number of rotatable bonds is 2. The number of likely N-dealkylation sites (tertiary alicyclic amines) is 1. The zero-order valence-electron chi connectivity index (χ0n) is 11.8. The third kappa shape index (κ3) is 3.62. The highest BCUT2D eigenvalue weighted by molar-refractivity contribution is 5.71. The molecule has 3 atom stereocenters. The van der Waals surface area contributed by atoms with Crippen molar-refractivity contribution < 1.29 is 19.4 Å². The standard InChI is InChI=1S/C13H23NO4/c1-8-6-14(12(17)18-13(3,4)5)7-10(8)9(2)11(15)16/h8-10H,6-7H2,1-5H3,(H,15,16). The molecule has 5 heteroatoms. The summed E-state index contributed by atoms with van der Waals surface area (Å²) in [5.74, 6) is -1.07. The monoisotopic (exact) mass is 257 g/mol.